The second-order valence-electron chi connectivity index (χ2n) is 6.53. The minimum Gasteiger partial charge on any atom is -0.312 e. The third-order valence-corrected chi connectivity index (χ3v) is 5.62. The first-order valence-corrected chi connectivity index (χ1v) is 10.0. The molecule has 1 N–H and O–H groups in total. The van der Waals surface area contributed by atoms with Gasteiger partial charge in [0, 0.05) is 30.1 Å². The summed E-state index contributed by atoms with van der Waals surface area (Å²) in [5, 5.41) is 12.9. The Morgan fingerprint density at radius 1 is 1.14 bits per heavy atom. The quantitative estimate of drug-likeness (QED) is 0.692. The molecule has 4 rings (SSSR count). The number of rotatable bonds is 5. The van der Waals surface area contributed by atoms with Crippen LogP contribution in [-0.4, -0.2) is 28.6 Å². The van der Waals surface area contributed by atoms with Crippen LogP contribution in [0.4, 0.5) is 10.8 Å². The minimum atomic E-state index is -0.406. The Labute approximate surface area is 171 Å². The van der Waals surface area contributed by atoms with Crippen LogP contribution < -0.4 is 10.2 Å². The monoisotopic (exact) mass is 412 g/mol. The predicted molar refractivity (Wildman–Crippen MR) is 110 cm³/mol. The van der Waals surface area contributed by atoms with Crippen molar-refractivity contribution in [1.29, 1.82) is 0 Å². The van der Waals surface area contributed by atoms with Crippen LogP contribution in [-0.2, 0) is 16.0 Å². The zero-order valence-corrected chi connectivity index (χ0v) is 16.4. The van der Waals surface area contributed by atoms with Gasteiger partial charge in [-0.15, -0.1) is 10.2 Å². The molecule has 0 bridgehead atoms. The summed E-state index contributed by atoms with van der Waals surface area (Å²) in [6.45, 7) is 0.366. The predicted octanol–water partition coefficient (Wildman–Crippen LogP) is 3.77. The molecule has 1 unspecified atom stereocenters. The molecule has 0 radical (unpaired) electrons. The topological polar surface area (TPSA) is 75.2 Å². The number of hydrogen-bond donors (Lipinski definition) is 1. The highest BCUT2D eigenvalue weighted by atomic mass is 35.5. The maximum atomic E-state index is 12.6. The molecular formula is C20H17ClN4O2S. The van der Waals surface area contributed by atoms with Gasteiger partial charge in [-0.1, -0.05) is 53.3 Å². The Hall–Kier alpha value is -2.77. The number of hydrogen-bond acceptors (Lipinski definition) is 5. The van der Waals surface area contributed by atoms with Crippen LogP contribution in [0.5, 0.6) is 0 Å². The highest BCUT2D eigenvalue weighted by molar-refractivity contribution is 7.15. The zero-order valence-electron chi connectivity index (χ0n) is 14.8. The lowest BCUT2D eigenvalue weighted by molar-refractivity contribution is -0.122. The summed E-state index contributed by atoms with van der Waals surface area (Å²) in [6, 6.07) is 16.9. The second kappa shape index (κ2) is 8.08. The molecule has 1 atom stereocenters. The molecule has 8 heteroatoms. The number of nitrogens with zero attached hydrogens (tertiary/aromatic N) is 3. The lowest BCUT2D eigenvalue weighted by Gasteiger charge is -2.16. The molecule has 6 nitrogen and oxygen atoms in total. The number of para-hydroxylation sites is 1. The molecule has 0 aliphatic carbocycles. The van der Waals surface area contributed by atoms with E-state index in [9.17, 15) is 9.59 Å². The van der Waals surface area contributed by atoms with Crippen LogP contribution in [0, 0.1) is 5.92 Å². The van der Waals surface area contributed by atoms with Gasteiger partial charge in [0.25, 0.3) is 0 Å². The Balaban J connectivity index is 1.37. The standard InChI is InChI=1S/C20H17ClN4O2S/c21-15-8-6-13(7-9-15)10-17-23-24-20(28-17)22-19(27)14-11-18(26)25(12-14)16-4-2-1-3-5-16/h1-9,14H,10-12H2,(H,22,24,27). The average molecular weight is 413 g/mol. The molecule has 1 aromatic heterocycles. The van der Waals surface area contributed by atoms with Crippen molar-refractivity contribution in [2.75, 3.05) is 16.8 Å². The van der Waals surface area contributed by atoms with Crippen molar-refractivity contribution in [2.45, 2.75) is 12.8 Å². The lowest BCUT2D eigenvalue weighted by atomic mass is 10.1. The number of carbonyl (C=O) groups excluding carboxylic acids is 2. The fourth-order valence-electron chi connectivity index (χ4n) is 3.10. The van der Waals surface area contributed by atoms with Crippen LogP contribution in [0.25, 0.3) is 0 Å². The molecule has 2 aromatic carbocycles. The number of anilines is 2. The van der Waals surface area contributed by atoms with Gasteiger partial charge in [0.05, 0.1) is 5.92 Å². The third-order valence-electron chi connectivity index (χ3n) is 4.53. The first-order valence-electron chi connectivity index (χ1n) is 8.81. The van der Waals surface area contributed by atoms with Gasteiger partial charge in [-0.3, -0.25) is 9.59 Å². The number of halogens is 1. The molecule has 0 saturated carbocycles. The second-order valence-corrected chi connectivity index (χ2v) is 8.03. The third kappa shape index (κ3) is 4.21. The van der Waals surface area contributed by atoms with E-state index in [2.05, 4.69) is 15.5 Å². The van der Waals surface area contributed by atoms with Gasteiger partial charge in [-0.05, 0) is 29.8 Å². The molecule has 1 saturated heterocycles. The number of carbonyl (C=O) groups is 2. The Morgan fingerprint density at radius 3 is 2.64 bits per heavy atom. The van der Waals surface area contributed by atoms with Crippen molar-refractivity contribution in [2.24, 2.45) is 5.92 Å². The largest absolute Gasteiger partial charge is 0.312 e. The van der Waals surface area contributed by atoms with Gasteiger partial charge in [0.2, 0.25) is 16.9 Å². The summed E-state index contributed by atoms with van der Waals surface area (Å²) >= 11 is 7.23. The zero-order chi connectivity index (χ0) is 19.5. The summed E-state index contributed by atoms with van der Waals surface area (Å²) in [4.78, 5) is 26.5. The first-order chi connectivity index (χ1) is 13.6. The van der Waals surface area contributed by atoms with E-state index in [1.165, 1.54) is 11.3 Å². The highest BCUT2D eigenvalue weighted by Crippen LogP contribution is 2.26. The molecule has 1 aliphatic rings. The molecule has 0 spiro atoms. The SMILES string of the molecule is O=C(Nc1nnc(Cc2ccc(Cl)cc2)s1)C1CC(=O)N(c2ccccc2)C1. The van der Waals surface area contributed by atoms with Gasteiger partial charge in [-0.25, -0.2) is 0 Å². The van der Waals surface area contributed by atoms with Crippen LogP contribution in [0.3, 0.4) is 0 Å². The summed E-state index contributed by atoms with van der Waals surface area (Å²) in [7, 11) is 0. The van der Waals surface area contributed by atoms with E-state index in [0.29, 0.717) is 23.1 Å². The maximum Gasteiger partial charge on any atom is 0.231 e. The summed E-state index contributed by atoms with van der Waals surface area (Å²) < 4.78 is 0. The van der Waals surface area contributed by atoms with E-state index in [1.807, 2.05) is 54.6 Å². The van der Waals surface area contributed by atoms with Crippen LogP contribution in [0.15, 0.2) is 54.6 Å². The molecule has 2 amide bonds. The molecular weight excluding hydrogens is 396 g/mol. The van der Waals surface area contributed by atoms with Crippen LogP contribution in [0.2, 0.25) is 5.02 Å². The summed E-state index contributed by atoms with van der Waals surface area (Å²) in [5.74, 6) is -0.663. The van der Waals surface area contributed by atoms with Gasteiger partial charge in [0.1, 0.15) is 5.01 Å². The van der Waals surface area contributed by atoms with Crippen molar-refractivity contribution in [3.05, 3.63) is 70.2 Å². The van der Waals surface area contributed by atoms with Gasteiger partial charge >= 0.3 is 0 Å². The number of benzene rings is 2. The molecule has 1 fully saturated rings. The van der Waals surface area contributed by atoms with E-state index in [4.69, 9.17) is 11.6 Å². The minimum absolute atomic E-state index is 0.0490. The van der Waals surface area contributed by atoms with Crippen molar-refractivity contribution >= 4 is 45.6 Å². The molecule has 28 heavy (non-hydrogen) atoms. The first kappa shape index (κ1) is 18.6. The maximum absolute atomic E-state index is 12.6. The van der Waals surface area contributed by atoms with Gasteiger partial charge < -0.3 is 10.2 Å². The Kier molecular flexibility index (Phi) is 5.36. The lowest BCUT2D eigenvalue weighted by Crippen LogP contribution is -2.28. The van der Waals surface area contributed by atoms with E-state index >= 15 is 0 Å². The van der Waals surface area contributed by atoms with Crippen LogP contribution in [0.1, 0.15) is 17.0 Å². The van der Waals surface area contributed by atoms with E-state index < -0.39 is 5.92 Å². The summed E-state index contributed by atoms with van der Waals surface area (Å²) in [5.41, 5.74) is 1.88. The van der Waals surface area contributed by atoms with E-state index in [-0.39, 0.29) is 18.2 Å². The highest BCUT2D eigenvalue weighted by Gasteiger charge is 2.35. The molecule has 3 aromatic rings. The number of amides is 2. The van der Waals surface area contributed by atoms with Crippen molar-refractivity contribution in [1.82, 2.24) is 10.2 Å². The fourth-order valence-corrected chi connectivity index (χ4v) is 4.00. The number of aromatic nitrogens is 2. The smallest absolute Gasteiger partial charge is 0.231 e. The molecule has 142 valence electrons. The fraction of sp³-hybridized carbons (Fsp3) is 0.200. The van der Waals surface area contributed by atoms with Crippen molar-refractivity contribution in [3.63, 3.8) is 0 Å². The number of nitrogens with one attached hydrogen (secondary N) is 1. The van der Waals surface area contributed by atoms with Crippen LogP contribution >= 0.6 is 22.9 Å². The van der Waals surface area contributed by atoms with Gasteiger partial charge in [-0.2, -0.15) is 0 Å². The van der Waals surface area contributed by atoms with Crippen molar-refractivity contribution in [3.8, 4) is 0 Å². The van der Waals surface area contributed by atoms with E-state index in [0.717, 1.165) is 16.3 Å². The molecule has 1 aliphatic heterocycles. The molecule has 2 heterocycles. The van der Waals surface area contributed by atoms with Gasteiger partial charge in [0.15, 0.2) is 0 Å². The van der Waals surface area contributed by atoms with Crippen molar-refractivity contribution < 1.29 is 9.59 Å². The Morgan fingerprint density at radius 2 is 1.89 bits per heavy atom. The Bertz CT molecular complexity index is 991. The van der Waals surface area contributed by atoms with E-state index in [1.54, 1.807) is 4.90 Å². The normalized spacial score (nSPS) is 16.4. The summed E-state index contributed by atoms with van der Waals surface area (Å²) in [6.07, 6.45) is 0.811. The average Bonchev–Trinajstić information content (AvgIpc) is 3.31.